The number of amides is 5. The van der Waals surface area contributed by atoms with E-state index in [2.05, 4.69) is 42.2 Å². The number of phenolic OH excluding ortho intramolecular Hbond substituents is 1. The molecule has 5 amide bonds. The molecule has 3 aromatic rings. The standard InChI is InChI=1S/C76H118N10O18S2/c1-52(2)79-26-10-8-15-59-48-69(91)67(46-55-19-22-63(88)23-20-55)86-73(96)60(43-54(5)87)25-42-105-106-51-62(47-64(89)50-83-71(94)61(45-56-18-21-57-13-6-7-14-58(57)44-56)49-68(90)65(84-72(59)95)17-12-28-82-76(77)78)74(97)85-66(16-9-11-27-80-53(3)4)75(98)81-29-31-100-33-35-102-37-39-104-41-40-103-38-36-101-34-32-99-30-24-70(92)93/h6-7,13-14,18-23,44,52-53,59-62,65-67,79-80,88H,8-12,15-17,24-43,45-51H2,1-5H3,(H,81,98)(H,83,94)(H,84,95)(H,85,97)(H,86,96)(H,92,93)(H4,77,78,82)/t59?,60?,61?,62?,65-,66?,67?/m1/s1. The number of rotatable bonds is 46. The fraction of sp³-hybridized carbons (Fsp3) is 0.645. The lowest BCUT2D eigenvalue weighted by Gasteiger charge is -2.26. The number of aromatic hydroxyl groups is 1. The van der Waals surface area contributed by atoms with Crippen LogP contribution < -0.4 is 48.7 Å². The molecule has 1 heterocycles. The molecule has 106 heavy (non-hydrogen) atoms. The molecule has 1 aliphatic rings. The minimum Gasteiger partial charge on any atom is -0.508 e. The highest BCUT2D eigenvalue weighted by Gasteiger charge is 2.35. The molecular weight excluding hydrogens is 1410 g/mol. The lowest BCUT2D eigenvalue weighted by atomic mass is 9.88. The molecule has 6 unspecified atom stereocenters. The lowest BCUT2D eigenvalue weighted by molar-refractivity contribution is -0.138. The predicted octanol–water partition coefficient (Wildman–Crippen LogP) is 5.09. The summed E-state index contributed by atoms with van der Waals surface area (Å²) in [5.41, 5.74) is 12.7. The average molecular weight is 1520 g/mol. The lowest BCUT2D eigenvalue weighted by Crippen LogP contribution is -2.50. The van der Waals surface area contributed by atoms with E-state index in [1.807, 2.05) is 70.2 Å². The Kier molecular flexibility index (Phi) is 46.9. The molecule has 0 bridgehead atoms. The van der Waals surface area contributed by atoms with Crippen LogP contribution in [0.5, 0.6) is 5.75 Å². The number of aliphatic imine (C=N–C) groups is 1. The summed E-state index contributed by atoms with van der Waals surface area (Å²) in [6, 6.07) is 16.6. The van der Waals surface area contributed by atoms with Crippen molar-refractivity contribution in [3.05, 3.63) is 77.9 Å². The number of carbonyl (C=O) groups is 10. The number of nitrogens with zero attached hydrogens (tertiary/aromatic N) is 1. The Hall–Kier alpha value is -7.13. The first-order chi connectivity index (χ1) is 51.0. The molecule has 7 atom stereocenters. The molecule has 1 aliphatic heterocycles. The highest BCUT2D eigenvalue weighted by molar-refractivity contribution is 8.76. The van der Waals surface area contributed by atoms with E-state index in [9.17, 15) is 48.3 Å². The topological polar surface area (TPSA) is 415 Å². The fourth-order valence-corrected chi connectivity index (χ4v) is 14.0. The Morgan fingerprint density at radius 2 is 1.17 bits per heavy atom. The number of guanidine groups is 1. The number of fused-ring (bicyclic) bond motifs is 1. The van der Waals surface area contributed by atoms with Gasteiger partial charge in [0.2, 0.25) is 29.5 Å². The zero-order valence-electron chi connectivity index (χ0n) is 62.6. The molecule has 3 aromatic carbocycles. The van der Waals surface area contributed by atoms with Crippen LogP contribution in [-0.4, -0.2) is 229 Å². The minimum atomic E-state index is -1.20. The first kappa shape index (κ1) is 91.3. The van der Waals surface area contributed by atoms with Gasteiger partial charge in [0, 0.05) is 80.1 Å². The summed E-state index contributed by atoms with van der Waals surface area (Å²) in [5, 5.41) is 42.0. The van der Waals surface area contributed by atoms with E-state index < -0.39 is 108 Å². The van der Waals surface area contributed by atoms with Gasteiger partial charge >= 0.3 is 5.97 Å². The van der Waals surface area contributed by atoms with Crippen molar-refractivity contribution in [2.45, 2.75) is 168 Å². The number of carboxylic acids is 1. The second kappa shape index (κ2) is 54.5. The number of Topliss-reactive ketones (excluding diaryl/α,β-unsaturated/α-hetero) is 4. The van der Waals surface area contributed by atoms with Gasteiger partial charge in [-0.15, -0.1) is 0 Å². The molecule has 4 rings (SSSR count). The molecule has 30 heteroatoms. The molecule has 1 saturated heterocycles. The monoisotopic (exact) mass is 1520 g/mol. The maximum Gasteiger partial charge on any atom is 0.305 e. The second-order valence-electron chi connectivity index (χ2n) is 27.1. The van der Waals surface area contributed by atoms with Gasteiger partial charge in [0.15, 0.2) is 23.3 Å². The summed E-state index contributed by atoms with van der Waals surface area (Å²) in [5.74, 6) is -9.39. The summed E-state index contributed by atoms with van der Waals surface area (Å²) in [6.07, 6.45) is 2.05. The number of unbranched alkanes of at least 4 members (excludes halogenated alkanes) is 2. The van der Waals surface area contributed by atoms with Gasteiger partial charge in [-0.3, -0.25) is 48.1 Å². The van der Waals surface area contributed by atoms with E-state index in [4.69, 9.17) is 45.0 Å². The third-order valence-electron chi connectivity index (χ3n) is 17.3. The van der Waals surface area contributed by atoms with E-state index >= 15 is 4.79 Å². The maximum atomic E-state index is 15.0. The Balaban J connectivity index is 1.59. The summed E-state index contributed by atoms with van der Waals surface area (Å²) in [6.45, 7) is 13.9. The Bertz CT molecular complexity index is 3160. The van der Waals surface area contributed by atoms with Crippen LogP contribution >= 0.6 is 21.6 Å². The summed E-state index contributed by atoms with van der Waals surface area (Å²) in [4.78, 5) is 145. The van der Waals surface area contributed by atoms with Gasteiger partial charge in [0.05, 0.1) is 110 Å². The van der Waals surface area contributed by atoms with E-state index in [1.54, 1.807) is 12.1 Å². The van der Waals surface area contributed by atoms with Crippen molar-refractivity contribution in [1.82, 2.24) is 37.2 Å². The Labute approximate surface area is 632 Å². The van der Waals surface area contributed by atoms with E-state index in [-0.39, 0.29) is 151 Å². The zero-order valence-corrected chi connectivity index (χ0v) is 64.3. The number of ether oxygens (including phenoxy) is 6. The van der Waals surface area contributed by atoms with Gasteiger partial charge in [-0.2, -0.15) is 0 Å². The number of nitrogens with one attached hydrogen (secondary N) is 7. The SMILES string of the molecule is CC(=O)CC1CCSSCC(C(=O)NC(CCCCNC(C)C)C(=O)NCCOCCOCCOCCOCCOCCOCCC(=O)O)CC(=O)CNC(=O)C(Cc2ccc3ccccc3c2)CC(=O)[C@@H](CCCN=C(N)N)NC(=O)C(CCCCNC(C)C)CC(=O)C(Cc2ccc(O)cc2)NC1=O. The number of ketones is 4. The van der Waals surface area contributed by atoms with Gasteiger partial charge in [-0.1, -0.05) is 110 Å². The molecule has 0 spiro atoms. The maximum absolute atomic E-state index is 15.0. The Morgan fingerprint density at radius 1 is 0.604 bits per heavy atom. The van der Waals surface area contributed by atoms with Gasteiger partial charge in [-0.05, 0) is 118 Å². The number of carboxylic acid groups (broad SMARTS) is 1. The van der Waals surface area contributed by atoms with Crippen molar-refractivity contribution in [2.75, 3.05) is 124 Å². The molecule has 13 N–H and O–H groups in total. The number of aliphatic carboxylic acids is 1. The summed E-state index contributed by atoms with van der Waals surface area (Å²) >= 11 is 0. The highest BCUT2D eigenvalue weighted by atomic mass is 33.1. The van der Waals surface area contributed by atoms with Crippen LogP contribution in [0.4, 0.5) is 0 Å². The molecule has 0 radical (unpaired) electrons. The first-order valence-electron chi connectivity index (χ1n) is 37.2. The smallest absolute Gasteiger partial charge is 0.305 e. The number of benzene rings is 3. The van der Waals surface area contributed by atoms with Crippen molar-refractivity contribution in [3.63, 3.8) is 0 Å². The number of carbonyl (C=O) groups excluding carboxylic acids is 9. The van der Waals surface area contributed by atoms with E-state index in [0.717, 1.165) is 16.3 Å². The van der Waals surface area contributed by atoms with Crippen LogP contribution in [0.2, 0.25) is 0 Å². The number of phenols is 1. The molecular formula is C76H118N10O18S2. The molecule has 0 aromatic heterocycles. The van der Waals surface area contributed by atoms with Crippen LogP contribution in [0, 0.1) is 23.7 Å². The number of nitrogens with two attached hydrogens (primary N) is 2. The van der Waals surface area contributed by atoms with E-state index in [1.165, 1.54) is 40.6 Å². The van der Waals surface area contributed by atoms with Crippen LogP contribution in [0.1, 0.15) is 136 Å². The normalized spacial score (nSPS) is 18.9. The number of hydrogen-bond acceptors (Lipinski definition) is 22. The highest BCUT2D eigenvalue weighted by Crippen LogP contribution is 2.30. The quantitative estimate of drug-likeness (QED) is 0.0152. The van der Waals surface area contributed by atoms with Crippen LogP contribution in [-0.2, 0) is 89.2 Å². The van der Waals surface area contributed by atoms with Gasteiger partial charge in [-0.25, -0.2) is 0 Å². The van der Waals surface area contributed by atoms with Crippen LogP contribution in [0.15, 0.2) is 71.7 Å². The Morgan fingerprint density at radius 3 is 1.78 bits per heavy atom. The van der Waals surface area contributed by atoms with E-state index in [0.29, 0.717) is 97.2 Å². The third kappa shape index (κ3) is 41.3. The second-order valence-corrected chi connectivity index (χ2v) is 29.7. The van der Waals surface area contributed by atoms with Crippen molar-refractivity contribution >= 4 is 97.0 Å². The van der Waals surface area contributed by atoms with Crippen molar-refractivity contribution in [2.24, 2.45) is 40.1 Å². The fourth-order valence-electron chi connectivity index (χ4n) is 11.5. The van der Waals surface area contributed by atoms with Crippen molar-refractivity contribution in [3.8, 4) is 5.75 Å². The zero-order chi connectivity index (χ0) is 77.3. The molecule has 28 nitrogen and oxygen atoms in total. The van der Waals surface area contributed by atoms with Crippen LogP contribution in [0.25, 0.3) is 10.8 Å². The summed E-state index contributed by atoms with van der Waals surface area (Å²) < 4.78 is 32.9. The summed E-state index contributed by atoms with van der Waals surface area (Å²) in [7, 11) is 2.57. The molecule has 592 valence electrons. The molecule has 0 saturated carbocycles. The number of hydrogen-bond donors (Lipinski definition) is 11. The third-order valence-corrected chi connectivity index (χ3v) is 19.8. The molecule has 0 aliphatic carbocycles. The molecule has 1 fully saturated rings. The van der Waals surface area contributed by atoms with Gasteiger partial charge in [0.1, 0.15) is 17.6 Å². The van der Waals surface area contributed by atoms with Crippen LogP contribution in [0.3, 0.4) is 0 Å². The van der Waals surface area contributed by atoms with Crippen molar-refractivity contribution < 1.29 is 86.6 Å². The van der Waals surface area contributed by atoms with Gasteiger partial charge in [0.25, 0.3) is 0 Å². The average Bonchev–Trinajstić information content (AvgIpc) is 1.27. The largest absolute Gasteiger partial charge is 0.508 e. The predicted molar refractivity (Wildman–Crippen MR) is 410 cm³/mol. The van der Waals surface area contributed by atoms with Crippen molar-refractivity contribution in [1.29, 1.82) is 0 Å². The first-order valence-corrected chi connectivity index (χ1v) is 39.7. The van der Waals surface area contributed by atoms with Gasteiger partial charge < -0.3 is 92.1 Å². The minimum absolute atomic E-state index is 0.0158.